The van der Waals surface area contributed by atoms with Crippen molar-refractivity contribution in [2.45, 2.75) is 11.8 Å². The number of rotatable bonds is 9. The number of aromatic nitrogens is 3. The zero-order valence-corrected chi connectivity index (χ0v) is 18.8. The molecule has 0 amide bonds. The van der Waals surface area contributed by atoms with E-state index in [4.69, 9.17) is 26.2 Å². The van der Waals surface area contributed by atoms with E-state index >= 15 is 0 Å². The van der Waals surface area contributed by atoms with Crippen molar-refractivity contribution in [1.82, 2.24) is 15.0 Å². The van der Waals surface area contributed by atoms with Gasteiger partial charge in [0.25, 0.3) is 0 Å². The van der Waals surface area contributed by atoms with Crippen molar-refractivity contribution in [3.05, 3.63) is 71.2 Å². The number of fused-ring (bicyclic) bond motifs is 1. The summed E-state index contributed by atoms with van der Waals surface area (Å²) >= 11 is 8.00. The molecule has 0 aliphatic carbocycles. The lowest BCUT2D eigenvalue weighted by Crippen LogP contribution is -2.10. The van der Waals surface area contributed by atoms with Crippen LogP contribution < -0.4 is 9.47 Å². The van der Waals surface area contributed by atoms with E-state index in [1.165, 1.54) is 4.80 Å². The van der Waals surface area contributed by atoms with Gasteiger partial charge in [-0.05, 0) is 55.0 Å². The SMILES string of the molecule is Cc1cc(SCCOc2ccc(Cl)c(-n3nc4ccccc4n3)c2)ccc1OCC(=O)O. The number of ether oxygens (including phenoxy) is 2. The first-order chi connectivity index (χ1) is 15.5. The van der Waals surface area contributed by atoms with E-state index in [9.17, 15) is 4.79 Å². The number of nitrogens with zero attached hydrogens (tertiary/aromatic N) is 3. The Morgan fingerprint density at radius 1 is 1.06 bits per heavy atom. The minimum absolute atomic E-state index is 0.353. The van der Waals surface area contributed by atoms with Crippen LogP contribution in [0, 0.1) is 6.92 Å². The van der Waals surface area contributed by atoms with Gasteiger partial charge in [-0.2, -0.15) is 0 Å². The summed E-state index contributed by atoms with van der Waals surface area (Å²) in [5.41, 5.74) is 3.13. The van der Waals surface area contributed by atoms with Gasteiger partial charge in [0.15, 0.2) is 6.61 Å². The van der Waals surface area contributed by atoms with Gasteiger partial charge in [-0.15, -0.1) is 26.8 Å². The topological polar surface area (TPSA) is 86.5 Å². The Balaban J connectivity index is 1.35. The fraction of sp³-hybridized carbons (Fsp3) is 0.174. The molecule has 4 rings (SSSR count). The molecule has 1 aromatic heterocycles. The molecule has 0 saturated carbocycles. The highest BCUT2D eigenvalue weighted by Crippen LogP contribution is 2.27. The molecule has 0 saturated heterocycles. The molecular formula is C23H20ClN3O4S. The average molecular weight is 470 g/mol. The summed E-state index contributed by atoms with van der Waals surface area (Å²) in [7, 11) is 0. The second-order valence-electron chi connectivity index (χ2n) is 6.90. The summed E-state index contributed by atoms with van der Waals surface area (Å²) in [6, 6.07) is 18.7. The standard InChI is InChI=1S/C23H20ClN3O4S/c1-15-12-17(7-9-22(15)31-14-23(28)29)32-11-10-30-16-6-8-18(24)21(13-16)27-25-19-4-2-3-5-20(19)26-27/h2-9,12-13H,10-11,14H2,1H3,(H,28,29). The lowest BCUT2D eigenvalue weighted by molar-refractivity contribution is -0.139. The molecule has 0 fully saturated rings. The number of aliphatic carboxylic acids is 1. The summed E-state index contributed by atoms with van der Waals surface area (Å²) in [5, 5.41) is 18.2. The number of thioether (sulfide) groups is 1. The van der Waals surface area contributed by atoms with Crippen molar-refractivity contribution in [2.75, 3.05) is 19.0 Å². The molecule has 7 nitrogen and oxygen atoms in total. The second-order valence-corrected chi connectivity index (χ2v) is 8.47. The third-order valence-electron chi connectivity index (χ3n) is 4.54. The Morgan fingerprint density at radius 3 is 2.50 bits per heavy atom. The van der Waals surface area contributed by atoms with Gasteiger partial charge in [0.05, 0.1) is 11.6 Å². The van der Waals surface area contributed by atoms with E-state index in [-0.39, 0.29) is 6.61 Å². The van der Waals surface area contributed by atoms with E-state index in [0.29, 0.717) is 28.8 Å². The van der Waals surface area contributed by atoms with Crippen molar-refractivity contribution in [2.24, 2.45) is 0 Å². The summed E-state index contributed by atoms with van der Waals surface area (Å²) < 4.78 is 11.2. The molecule has 0 radical (unpaired) electrons. The molecule has 3 aromatic carbocycles. The van der Waals surface area contributed by atoms with Crippen LogP contribution >= 0.6 is 23.4 Å². The number of aryl methyl sites for hydroxylation is 1. The summed E-state index contributed by atoms with van der Waals surface area (Å²) in [6.45, 7) is 2.03. The van der Waals surface area contributed by atoms with Gasteiger partial charge in [-0.25, -0.2) is 4.79 Å². The van der Waals surface area contributed by atoms with Crippen LogP contribution in [0.4, 0.5) is 0 Å². The van der Waals surface area contributed by atoms with E-state index < -0.39 is 5.97 Å². The molecular weight excluding hydrogens is 450 g/mol. The number of halogens is 1. The first kappa shape index (κ1) is 22.0. The van der Waals surface area contributed by atoms with Crippen LogP contribution in [0.25, 0.3) is 16.7 Å². The summed E-state index contributed by atoms with van der Waals surface area (Å²) in [6.07, 6.45) is 0. The molecule has 4 aromatic rings. The monoisotopic (exact) mass is 469 g/mol. The molecule has 0 aliphatic rings. The number of carboxylic acid groups (broad SMARTS) is 1. The van der Waals surface area contributed by atoms with E-state index in [0.717, 1.165) is 27.2 Å². The molecule has 0 atom stereocenters. The largest absolute Gasteiger partial charge is 0.493 e. The predicted molar refractivity (Wildman–Crippen MR) is 124 cm³/mol. The highest BCUT2D eigenvalue weighted by molar-refractivity contribution is 7.99. The highest BCUT2D eigenvalue weighted by Gasteiger charge is 2.10. The molecule has 0 bridgehead atoms. The first-order valence-electron chi connectivity index (χ1n) is 9.82. The Morgan fingerprint density at radius 2 is 1.81 bits per heavy atom. The Bertz CT molecular complexity index is 1230. The van der Waals surface area contributed by atoms with Crippen LogP contribution in [0.15, 0.2) is 65.6 Å². The minimum atomic E-state index is -0.998. The molecule has 9 heteroatoms. The molecule has 0 unspecified atom stereocenters. The number of hydrogen-bond acceptors (Lipinski definition) is 6. The smallest absolute Gasteiger partial charge is 0.341 e. The Labute approximate surface area is 193 Å². The zero-order valence-electron chi connectivity index (χ0n) is 17.2. The first-order valence-corrected chi connectivity index (χ1v) is 11.2. The van der Waals surface area contributed by atoms with Gasteiger partial charge in [0, 0.05) is 16.7 Å². The van der Waals surface area contributed by atoms with E-state index in [1.807, 2.05) is 55.5 Å². The molecule has 164 valence electrons. The van der Waals surface area contributed by atoms with Gasteiger partial charge < -0.3 is 14.6 Å². The molecule has 32 heavy (non-hydrogen) atoms. The number of hydrogen-bond donors (Lipinski definition) is 1. The van der Waals surface area contributed by atoms with Gasteiger partial charge >= 0.3 is 5.97 Å². The Hall–Kier alpha value is -3.23. The average Bonchev–Trinajstić information content (AvgIpc) is 3.21. The zero-order chi connectivity index (χ0) is 22.5. The van der Waals surface area contributed by atoms with Gasteiger partial charge in [0.1, 0.15) is 28.2 Å². The van der Waals surface area contributed by atoms with E-state index in [1.54, 1.807) is 23.9 Å². The molecule has 0 aliphatic heterocycles. The fourth-order valence-corrected chi connectivity index (χ4v) is 4.06. The number of carbonyl (C=O) groups is 1. The lowest BCUT2D eigenvalue weighted by atomic mass is 10.2. The molecule has 0 spiro atoms. The maximum absolute atomic E-state index is 10.6. The van der Waals surface area contributed by atoms with Gasteiger partial charge in [0.2, 0.25) is 0 Å². The van der Waals surface area contributed by atoms with Crippen molar-refractivity contribution in [1.29, 1.82) is 0 Å². The number of benzene rings is 3. The van der Waals surface area contributed by atoms with Gasteiger partial charge in [-0.3, -0.25) is 0 Å². The normalized spacial score (nSPS) is 10.9. The second kappa shape index (κ2) is 9.93. The summed E-state index contributed by atoms with van der Waals surface area (Å²) in [4.78, 5) is 13.2. The van der Waals surface area contributed by atoms with Crippen LogP contribution in [0.2, 0.25) is 5.02 Å². The highest BCUT2D eigenvalue weighted by atomic mass is 35.5. The summed E-state index contributed by atoms with van der Waals surface area (Å²) in [5.74, 6) is 0.986. The maximum Gasteiger partial charge on any atom is 0.341 e. The predicted octanol–water partition coefficient (Wildman–Crippen LogP) is 5.02. The lowest BCUT2D eigenvalue weighted by Gasteiger charge is -2.10. The van der Waals surface area contributed by atoms with Crippen molar-refractivity contribution < 1.29 is 19.4 Å². The van der Waals surface area contributed by atoms with Crippen LogP contribution in [-0.4, -0.2) is 45.0 Å². The quantitative estimate of drug-likeness (QED) is 0.272. The third-order valence-corrected chi connectivity index (χ3v) is 5.82. The van der Waals surface area contributed by atoms with E-state index in [2.05, 4.69) is 10.2 Å². The van der Waals surface area contributed by atoms with Crippen LogP contribution in [-0.2, 0) is 4.79 Å². The van der Waals surface area contributed by atoms with Crippen LogP contribution in [0.5, 0.6) is 11.5 Å². The Kier molecular flexibility index (Phi) is 6.82. The third kappa shape index (κ3) is 5.33. The van der Waals surface area contributed by atoms with Crippen molar-refractivity contribution in [3.63, 3.8) is 0 Å². The van der Waals surface area contributed by atoms with Crippen LogP contribution in [0.3, 0.4) is 0 Å². The van der Waals surface area contributed by atoms with Crippen molar-refractivity contribution in [3.8, 4) is 17.2 Å². The van der Waals surface area contributed by atoms with Gasteiger partial charge in [-0.1, -0.05) is 23.7 Å². The fourth-order valence-electron chi connectivity index (χ4n) is 3.04. The number of carboxylic acids is 1. The maximum atomic E-state index is 10.6. The van der Waals surface area contributed by atoms with Crippen molar-refractivity contribution >= 4 is 40.4 Å². The molecule has 1 heterocycles. The molecule has 1 N–H and O–H groups in total. The van der Waals surface area contributed by atoms with Crippen LogP contribution in [0.1, 0.15) is 5.56 Å². The minimum Gasteiger partial charge on any atom is -0.493 e.